The molecule has 1 fully saturated rings. The summed E-state index contributed by atoms with van der Waals surface area (Å²) in [6, 6.07) is 10.5. The van der Waals surface area contributed by atoms with E-state index in [9.17, 15) is 0 Å². The molecule has 0 aromatic heterocycles. The van der Waals surface area contributed by atoms with Gasteiger partial charge in [-0.1, -0.05) is 30.3 Å². The minimum absolute atomic E-state index is 0. The molecule has 0 unspecified atom stereocenters. The van der Waals surface area contributed by atoms with Crippen molar-refractivity contribution in [3.8, 4) is 0 Å². The summed E-state index contributed by atoms with van der Waals surface area (Å²) in [5.74, 6) is 0.628. The van der Waals surface area contributed by atoms with Gasteiger partial charge in [-0.15, -0.1) is 12.4 Å². The molecule has 0 atom stereocenters. The highest BCUT2D eigenvalue weighted by atomic mass is 35.5. The van der Waals surface area contributed by atoms with Crippen LogP contribution in [0.15, 0.2) is 36.6 Å². The molecule has 0 spiro atoms. The first-order valence-electron chi connectivity index (χ1n) is 5.91. The Bertz CT molecular complexity index is 344. The van der Waals surface area contributed by atoms with Crippen LogP contribution in [0.2, 0.25) is 0 Å². The average molecular weight is 254 g/mol. The number of nitrogens with one attached hydrogen (secondary N) is 1. The molecule has 1 aliphatic rings. The van der Waals surface area contributed by atoms with Gasteiger partial charge in [0.1, 0.15) is 0 Å². The minimum atomic E-state index is 0. The maximum absolute atomic E-state index is 5.23. The van der Waals surface area contributed by atoms with Crippen LogP contribution in [0.25, 0.3) is 5.57 Å². The Morgan fingerprint density at radius 1 is 1.24 bits per heavy atom. The van der Waals surface area contributed by atoms with Crippen molar-refractivity contribution in [3.05, 3.63) is 42.2 Å². The number of methoxy groups -OCH3 is 1. The lowest BCUT2D eigenvalue weighted by atomic mass is 9.86. The summed E-state index contributed by atoms with van der Waals surface area (Å²) in [5, 5.41) is 3.40. The molecule has 3 heteroatoms. The van der Waals surface area contributed by atoms with E-state index in [-0.39, 0.29) is 12.4 Å². The zero-order valence-corrected chi connectivity index (χ0v) is 11.0. The van der Waals surface area contributed by atoms with Gasteiger partial charge >= 0.3 is 0 Å². The summed E-state index contributed by atoms with van der Waals surface area (Å²) in [6.07, 6.45) is 4.31. The van der Waals surface area contributed by atoms with E-state index < -0.39 is 0 Å². The fourth-order valence-electron chi connectivity index (χ4n) is 2.29. The van der Waals surface area contributed by atoms with E-state index in [1.807, 2.05) is 6.26 Å². The number of halogens is 1. The van der Waals surface area contributed by atoms with Crippen molar-refractivity contribution < 1.29 is 4.74 Å². The topological polar surface area (TPSA) is 21.3 Å². The Morgan fingerprint density at radius 2 is 1.88 bits per heavy atom. The zero-order valence-electron chi connectivity index (χ0n) is 10.2. The second-order valence-corrected chi connectivity index (χ2v) is 4.20. The summed E-state index contributed by atoms with van der Waals surface area (Å²) in [5.41, 5.74) is 2.63. The lowest BCUT2D eigenvalue weighted by molar-refractivity contribution is 0.333. The van der Waals surface area contributed by atoms with Crippen LogP contribution in [0.5, 0.6) is 0 Å². The predicted molar refractivity (Wildman–Crippen MR) is 74.3 cm³/mol. The average Bonchev–Trinajstić information content (AvgIpc) is 2.38. The molecule has 2 nitrogen and oxygen atoms in total. The van der Waals surface area contributed by atoms with E-state index in [4.69, 9.17) is 4.74 Å². The van der Waals surface area contributed by atoms with E-state index in [0.717, 1.165) is 13.1 Å². The molecular formula is C14H20ClNO. The standard InChI is InChI=1S/C14H19NO.ClH/c1-16-11-14(12-5-3-2-4-6-12)13-7-9-15-10-8-13;/h2-6,11,13,15H,7-10H2,1H3;1H. The summed E-state index contributed by atoms with van der Waals surface area (Å²) >= 11 is 0. The SMILES string of the molecule is COC=C(c1ccccc1)C1CCNCC1.Cl. The third-order valence-electron chi connectivity index (χ3n) is 3.13. The summed E-state index contributed by atoms with van der Waals surface area (Å²) in [6.45, 7) is 2.22. The van der Waals surface area contributed by atoms with Gasteiger partial charge in [-0.3, -0.25) is 0 Å². The highest BCUT2D eigenvalue weighted by Gasteiger charge is 2.18. The molecular weight excluding hydrogens is 234 g/mol. The number of piperidine rings is 1. The third-order valence-corrected chi connectivity index (χ3v) is 3.13. The number of hydrogen-bond donors (Lipinski definition) is 1. The smallest absolute Gasteiger partial charge is 0.0865 e. The Balaban J connectivity index is 0.00000144. The molecule has 1 heterocycles. The summed E-state index contributed by atoms with van der Waals surface area (Å²) in [4.78, 5) is 0. The molecule has 94 valence electrons. The summed E-state index contributed by atoms with van der Waals surface area (Å²) in [7, 11) is 1.73. The molecule has 1 saturated heterocycles. The number of benzene rings is 1. The Hall–Kier alpha value is -0.990. The summed E-state index contributed by atoms with van der Waals surface area (Å²) < 4.78 is 5.23. The normalized spacial score (nSPS) is 17.4. The van der Waals surface area contributed by atoms with Gasteiger partial charge in [-0.2, -0.15) is 0 Å². The van der Waals surface area contributed by atoms with Gasteiger partial charge in [0.05, 0.1) is 13.4 Å². The molecule has 2 rings (SSSR count). The zero-order chi connectivity index (χ0) is 11.2. The first-order valence-corrected chi connectivity index (χ1v) is 5.91. The highest BCUT2D eigenvalue weighted by molar-refractivity contribution is 5.85. The molecule has 1 aliphatic heterocycles. The van der Waals surface area contributed by atoms with Crippen LogP contribution >= 0.6 is 12.4 Å². The van der Waals surface area contributed by atoms with Crippen molar-refractivity contribution in [1.29, 1.82) is 0 Å². The van der Waals surface area contributed by atoms with Gasteiger partial charge in [0, 0.05) is 0 Å². The van der Waals surface area contributed by atoms with E-state index in [1.54, 1.807) is 7.11 Å². The molecule has 0 radical (unpaired) electrons. The van der Waals surface area contributed by atoms with Gasteiger partial charge in [-0.25, -0.2) is 0 Å². The van der Waals surface area contributed by atoms with Crippen LogP contribution in [-0.2, 0) is 4.74 Å². The Morgan fingerprint density at radius 3 is 2.47 bits per heavy atom. The second kappa shape index (κ2) is 7.36. The van der Waals surface area contributed by atoms with Gasteiger partial charge in [-0.05, 0) is 43.0 Å². The quantitative estimate of drug-likeness (QED) is 0.836. The third kappa shape index (κ3) is 3.76. The van der Waals surface area contributed by atoms with Crippen molar-refractivity contribution in [2.24, 2.45) is 5.92 Å². The molecule has 0 saturated carbocycles. The molecule has 0 aliphatic carbocycles. The van der Waals surface area contributed by atoms with Crippen LogP contribution in [0, 0.1) is 5.92 Å². The highest BCUT2D eigenvalue weighted by Crippen LogP contribution is 2.29. The minimum Gasteiger partial charge on any atom is -0.504 e. The number of hydrogen-bond acceptors (Lipinski definition) is 2. The van der Waals surface area contributed by atoms with Gasteiger partial charge in [0.2, 0.25) is 0 Å². The molecule has 0 amide bonds. The van der Waals surface area contributed by atoms with E-state index in [0.29, 0.717) is 5.92 Å². The van der Waals surface area contributed by atoms with Crippen LogP contribution in [0.1, 0.15) is 18.4 Å². The molecule has 1 aromatic rings. The van der Waals surface area contributed by atoms with Crippen LogP contribution in [0.4, 0.5) is 0 Å². The fraction of sp³-hybridized carbons (Fsp3) is 0.429. The van der Waals surface area contributed by atoms with Gasteiger partial charge in [0.15, 0.2) is 0 Å². The molecule has 17 heavy (non-hydrogen) atoms. The van der Waals surface area contributed by atoms with Crippen molar-refractivity contribution >= 4 is 18.0 Å². The number of ether oxygens (including phenoxy) is 1. The lowest BCUT2D eigenvalue weighted by Gasteiger charge is -2.25. The van der Waals surface area contributed by atoms with Crippen molar-refractivity contribution in [2.75, 3.05) is 20.2 Å². The van der Waals surface area contributed by atoms with Gasteiger partial charge < -0.3 is 10.1 Å². The largest absolute Gasteiger partial charge is 0.504 e. The molecule has 1 N–H and O–H groups in total. The lowest BCUT2D eigenvalue weighted by Crippen LogP contribution is -2.28. The maximum atomic E-state index is 5.23. The predicted octanol–water partition coefficient (Wildman–Crippen LogP) is 3.10. The fourth-order valence-corrected chi connectivity index (χ4v) is 2.29. The Kier molecular flexibility index (Phi) is 6.09. The van der Waals surface area contributed by atoms with Crippen LogP contribution < -0.4 is 5.32 Å². The number of rotatable bonds is 3. The monoisotopic (exact) mass is 253 g/mol. The van der Waals surface area contributed by atoms with Crippen LogP contribution in [0.3, 0.4) is 0 Å². The van der Waals surface area contributed by atoms with Crippen molar-refractivity contribution in [1.82, 2.24) is 5.32 Å². The van der Waals surface area contributed by atoms with Crippen molar-refractivity contribution in [3.63, 3.8) is 0 Å². The second-order valence-electron chi connectivity index (χ2n) is 4.20. The van der Waals surface area contributed by atoms with E-state index >= 15 is 0 Å². The van der Waals surface area contributed by atoms with Gasteiger partial charge in [0.25, 0.3) is 0 Å². The van der Waals surface area contributed by atoms with Crippen molar-refractivity contribution in [2.45, 2.75) is 12.8 Å². The first kappa shape index (κ1) is 14.1. The maximum Gasteiger partial charge on any atom is 0.0865 e. The molecule has 1 aromatic carbocycles. The first-order chi connectivity index (χ1) is 7.92. The van der Waals surface area contributed by atoms with E-state index in [1.165, 1.54) is 24.0 Å². The molecule has 0 bridgehead atoms. The number of allylic oxidation sites excluding steroid dienone is 1. The van der Waals surface area contributed by atoms with E-state index in [2.05, 4.69) is 35.6 Å². The Labute approximate surface area is 109 Å². The van der Waals surface area contributed by atoms with Crippen LogP contribution in [-0.4, -0.2) is 20.2 Å².